The number of rotatable bonds is 3. The SMILES string of the molecule is Cc1nc(C)c(C(=O)N(C)CC2Cc3ccccc3CN2C)o1. The number of aryl methyl sites for hydroxylation is 2. The molecule has 1 amide bonds. The molecule has 0 spiro atoms. The van der Waals surface area contributed by atoms with Crippen LogP contribution in [0.3, 0.4) is 0 Å². The van der Waals surface area contributed by atoms with Crippen molar-refractivity contribution < 1.29 is 9.21 Å². The lowest BCUT2D eigenvalue weighted by Crippen LogP contribution is -2.46. The molecular weight excluding hydrogens is 290 g/mol. The van der Waals surface area contributed by atoms with Crippen molar-refractivity contribution in [2.24, 2.45) is 0 Å². The molecule has 0 N–H and O–H groups in total. The zero-order valence-corrected chi connectivity index (χ0v) is 14.2. The summed E-state index contributed by atoms with van der Waals surface area (Å²) >= 11 is 0. The molecule has 1 atom stereocenters. The minimum Gasteiger partial charge on any atom is -0.436 e. The van der Waals surface area contributed by atoms with Crippen LogP contribution in [-0.2, 0) is 13.0 Å². The largest absolute Gasteiger partial charge is 0.436 e. The maximum absolute atomic E-state index is 12.6. The third-order valence-corrected chi connectivity index (χ3v) is 4.55. The molecule has 0 fully saturated rings. The van der Waals surface area contributed by atoms with Gasteiger partial charge in [0.1, 0.15) is 0 Å². The summed E-state index contributed by atoms with van der Waals surface area (Å²) in [6, 6.07) is 8.83. The number of oxazole rings is 1. The van der Waals surface area contributed by atoms with Crippen molar-refractivity contribution in [2.75, 3.05) is 20.6 Å². The highest BCUT2D eigenvalue weighted by atomic mass is 16.4. The van der Waals surface area contributed by atoms with Gasteiger partial charge in [-0.1, -0.05) is 24.3 Å². The number of hydrogen-bond acceptors (Lipinski definition) is 4. The number of nitrogens with zero attached hydrogens (tertiary/aromatic N) is 3. The van der Waals surface area contributed by atoms with E-state index in [0.29, 0.717) is 29.9 Å². The van der Waals surface area contributed by atoms with Gasteiger partial charge < -0.3 is 9.32 Å². The van der Waals surface area contributed by atoms with Crippen LogP contribution in [0, 0.1) is 13.8 Å². The van der Waals surface area contributed by atoms with Crippen LogP contribution >= 0.6 is 0 Å². The molecule has 0 saturated heterocycles. The molecule has 1 aliphatic rings. The number of likely N-dealkylation sites (N-methyl/N-ethyl adjacent to an activating group) is 2. The second-order valence-corrected chi connectivity index (χ2v) is 6.37. The van der Waals surface area contributed by atoms with Gasteiger partial charge in [-0.3, -0.25) is 9.69 Å². The zero-order valence-electron chi connectivity index (χ0n) is 14.2. The summed E-state index contributed by atoms with van der Waals surface area (Å²) in [6.45, 7) is 5.16. The van der Waals surface area contributed by atoms with E-state index in [-0.39, 0.29) is 5.91 Å². The Kier molecular flexibility index (Phi) is 4.22. The van der Waals surface area contributed by atoms with Crippen LogP contribution in [0.25, 0.3) is 0 Å². The molecule has 0 radical (unpaired) electrons. The van der Waals surface area contributed by atoms with Gasteiger partial charge in [0.25, 0.3) is 5.91 Å². The number of fused-ring (bicyclic) bond motifs is 1. The summed E-state index contributed by atoms with van der Waals surface area (Å²) in [6.07, 6.45) is 0.957. The number of carbonyl (C=O) groups is 1. The maximum Gasteiger partial charge on any atom is 0.291 e. The highest BCUT2D eigenvalue weighted by molar-refractivity contribution is 5.92. The Balaban J connectivity index is 1.72. The fourth-order valence-corrected chi connectivity index (χ4v) is 3.22. The van der Waals surface area contributed by atoms with E-state index in [2.05, 4.69) is 41.2 Å². The minimum absolute atomic E-state index is 0.102. The highest BCUT2D eigenvalue weighted by Crippen LogP contribution is 2.23. The van der Waals surface area contributed by atoms with Gasteiger partial charge in [-0.25, -0.2) is 4.98 Å². The van der Waals surface area contributed by atoms with Gasteiger partial charge in [-0.05, 0) is 31.5 Å². The third-order valence-electron chi connectivity index (χ3n) is 4.55. The van der Waals surface area contributed by atoms with Crippen LogP contribution in [0.4, 0.5) is 0 Å². The van der Waals surface area contributed by atoms with Crippen molar-refractivity contribution in [2.45, 2.75) is 32.9 Å². The van der Waals surface area contributed by atoms with Crippen LogP contribution in [0.1, 0.15) is 33.3 Å². The lowest BCUT2D eigenvalue weighted by atomic mass is 9.94. The number of carbonyl (C=O) groups excluding carboxylic acids is 1. The minimum atomic E-state index is -0.102. The van der Waals surface area contributed by atoms with Crippen LogP contribution in [-0.4, -0.2) is 47.4 Å². The highest BCUT2D eigenvalue weighted by Gasteiger charge is 2.27. The Bertz CT molecular complexity index is 723. The van der Waals surface area contributed by atoms with E-state index < -0.39 is 0 Å². The van der Waals surface area contributed by atoms with Crippen molar-refractivity contribution in [3.05, 3.63) is 52.7 Å². The standard InChI is InChI=1S/C18H23N3O2/c1-12-17(23-13(2)19-12)18(22)21(4)11-16-9-14-7-5-6-8-15(14)10-20(16)3/h5-8,16H,9-11H2,1-4H3. The van der Waals surface area contributed by atoms with Crippen molar-refractivity contribution in [1.29, 1.82) is 0 Å². The summed E-state index contributed by atoms with van der Waals surface area (Å²) in [5.74, 6) is 0.780. The number of amides is 1. The van der Waals surface area contributed by atoms with E-state index in [4.69, 9.17) is 4.42 Å². The normalized spacial score (nSPS) is 17.8. The Labute approximate surface area is 136 Å². The monoisotopic (exact) mass is 313 g/mol. The van der Waals surface area contributed by atoms with E-state index >= 15 is 0 Å². The summed E-state index contributed by atoms with van der Waals surface area (Å²) in [4.78, 5) is 20.8. The van der Waals surface area contributed by atoms with Gasteiger partial charge in [0.15, 0.2) is 5.89 Å². The van der Waals surface area contributed by atoms with Gasteiger partial charge in [0.05, 0.1) is 5.69 Å². The molecule has 0 saturated carbocycles. The quantitative estimate of drug-likeness (QED) is 0.873. The molecule has 0 aliphatic carbocycles. The van der Waals surface area contributed by atoms with Crippen molar-refractivity contribution in [1.82, 2.24) is 14.8 Å². The maximum atomic E-state index is 12.6. The summed E-state index contributed by atoms with van der Waals surface area (Å²) < 4.78 is 5.45. The molecule has 1 aliphatic heterocycles. The second kappa shape index (κ2) is 6.16. The lowest BCUT2D eigenvalue weighted by molar-refractivity contribution is 0.0700. The average Bonchev–Trinajstić information content (AvgIpc) is 2.85. The van der Waals surface area contributed by atoms with Crippen molar-refractivity contribution in [3.63, 3.8) is 0 Å². The molecule has 5 nitrogen and oxygen atoms in total. The molecule has 0 bridgehead atoms. The third kappa shape index (κ3) is 3.15. The molecule has 5 heteroatoms. The fourth-order valence-electron chi connectivity index (χ4n) is 3.22. The molecular formula is C18H23N3O2. The number of aromatic nitrogens is 1. The number of hydrogen-bond donors (Lipinski definition) is 0. The summed E-state index contributed by atoms with van der Waals surface area (Å²) in [7, 11) is 3.94. The molecule has 122 valence electrons. The van der Waals surface area contributed by atoms with E-state index in [1.807, 2.05) is 7.05 Å². The van der Waals surface area contributed by atoms with Crippen LogP contribution in [0.15, 0.2) is 28.7 Å². The van der Waals surface area contributed by atoms with Crippen molar-refractivity contribution >= 4 is 5.91 Å². The van der Waals surface area contributed by atoms with E-state index in [9.17, 15) is 4.79 Å². The topological polar surface area (TPSA) is 49.6 Å². The first-order valence-corrected chi connectivity index (χ1v) is 7.92. The molecule has 3 rings (SSSR count). The van der Waals surface area contributed by atoms with Crippen LogP contribution < -0.4 is 0 Å². The molecule has 2 heterocycles. The summed E-state index contributed by atoms with van der Waals surface area (Å²) in [5, 5.41) is 0. The van der Waals surface area contributed by atoms with Gasteiger partial charge in [0, 0.05) is 33.1 Å². The predicted octanol–water partition coefficient (Wildman–Crippen LogP) is 2.42. The molecule has 2 aromatic rings. The fraction of sp³-hybridized carbons (Fsp3) is 0.444. The van der Waals surface area contributed by atoms with Gasteiger partial charge >= 0.3 is 0 Å². The van der Waals surface area contributed by atoms with Crippen LogP contribution in [0.5, 0.6) is 0 Å². The average molecular weight is 313 g/mol. The van der Waals surface area contributed by atoms with E-state index in [0.717, 1.165) is 13.0 Å². The predicted molar refractivity (Wildman–Crippen MR) is 88.3 cm³/mol. The lowest BCUT2D eigenvalue weighted by Gasteiger charge is -2.36. The van der Waals surface area contributed by atoms with E-state index in [1.165, 1.54) is 11.1 Å². The Morgan fingerprint density at radius 2 is 2.04 bits per heavy atom. The Morgan fingerprint density at radius 1 is 1.35 bits per heavy atom. The summed E-state index contributed by atoms with van der Waals surface area (Å²) in [5.41, 5.74) is 3.41. The molecule has 1 unspecified atom stereocenters. The zero-order chi connectivity index (χ0) is 16.6. The molecule has 23 heavy (non-hydrogen) atoms. The second-order valence-electron chi connectivity index (χ2n) is 6.37. The van der Waals surface area contributed by atoms with Crippen LogP contribution in [0.2, 0.25) is 0 Å². The van der Waals surface area contributed by atoms with E-state index in [1.54, 1.807) is 18.7 Å². The number of benzene rings is 1. The first-order chi connectivity index (χ1) is 11.0. The van der Waals surface area contributed by atoms with Gasteiger partial charge in [-0.2, -0.15) is 0 Å². The van der Waals surface area contributed by atoms with Gasteiger partial charge in [-0.15, -0.1) is 0 Å². The smallest absolute Gasteiger partial charge is 0.291 e. The Morgan fingerprint density at radius 3 is 2.70 bits per heavy atom. The first kappa shape index (κ1) is 15.7. The molecule has 1 aromatic carbocycles. The van der Waals surface area contributed by atoms with Gasteiger partial charge in [0.2, 0.25) is 5.76 Å². The first-order valence-electron chi connectivity index (χ1n) is 7.92. The Hall–Kier alpha value is -2.14. The van der Waals surface area contributed by atoms with Crippen molar-refractivity contribution in [3.8, 4) is 0 Å². The molecule has 1 aromatic heterocycles.